The van der Waals surface area contributed by atoms with E-state index in [2.05, 4.69) is 15.5 Å². The average Bonchev–Trinajstić information content (AvgIpc) is 3.51. The minimum absolute atomic E-state index is 0.00965. The minimum atomic E-state index is -2.44. The van der Waals surface area contributed by atoms with Crippen molar-refractivity contribution >= 4 is 17.6 Å². The van der Waals surface area contributed by atoms with Gasteiger partial charge in [-0.3, -0.25) is 14.5 Å². The Morgan fingerprint density at radius 2 is 2.00 bits per heavy atom. The molecule has 4 N–H and O–H groups in total. The van der Waals surface area contributed by atoms with Crippen molar-refractivity contribution in [3.63, 3.8) is 0 Å². The van der Waals surface area contributed by atoms with Crippen molar-refractivity contribution in [2.24, 2.45) is 5.73 Å². The van der Waals surface area contributed by atoms with E-state index in [0.29, 0.717) is 0 Å². The first kappa shape index (κ1) is 26.7. The third-order valence-corrected chi connectivity index (χ3v) is 6.91. The van der Waals surface area contributed by atoms with Crippen LogP contribution >= 0.6 is 0 Å². The second-order valence-electron chi connectivity index (χ2n) is 9.46. The maximum atomic E-state index is 14.2. The highest BCUT2D eigenvalue weighted by Gasteiger charge is 2.52. The van der Waals surface area contributed by atoms with E-state index in [0.717, 1.165) is 29.2 Å². The van der Waals surface area contributed by atoms with Gasteiger partial charge in [0.25, 0.3) is 11.8 Å². The molecule has 39 heavy (non-hydrogen) atoms. The number of ether oxygens (including phenoxy) is 1. The fourth-order valence-electron chi connectivity index (χ4n) is 4.77. The summed E-state index contributed by atoms with van der Waals surface area (Å²) in [6, 6.07) is 5.31. The fraction of sp³-hybridized carbons (Fsp3) is 0.360. The van der Waals surface area contributed by atoms with Crippen LogP contribution in [0.3, 0.4) is 0 Å². The zero-order valence-electron chi connectivity index (χ0n) is 20.4. The van der Waals surface area contributed by atoms with Gasteiger partial charge in [-0.05, 0) is 30.7 Å². The molecule has 0 radical (unpaired) electrons. The summed E-state index contributed by atoms with van der Waals surface area (Å²) >= 11 is 0. The molecule has 0 spiro atoms. The Balaban J connectivity index is 1.23. The van der Waals surface area contributed by atoms with Gasteiger partial charge in [0.1, 0.15) is 17.7 Å². The maximum Gasteiger partial charge on any atom is 0.270 e. The molecule has 3 aromatic rings. The van der Waals surface area contributed by atoms with Crippen LogP contribution in [0.2, 0.25) is 0 Å². The summed E-state index contributed by atoms with van der Waals surface area (Å²) in [5, 5.41) is 21.5. The molecule has 2 saturated heterocycles. The number of halogens is 4. The number of hydrogen-bond donors (Lipinski definition) is 3. The van der Waals surface area contributed by atoms with Crippen LogP contribution < -0.4 is 16.0 Å². The van der Waals surface area contributed by atoms with Gasteiger partial charge in [0.2, 0.25) is 5.60 Å². The van der Waals surface area contributed by atoms with Gasteiger partial charge in [-0.1, -0.05) is 12.1 Å². The molecule has 14 heteroatoms. The Bertz CT molecular complexity index is 1420. The third-order valence-electron chi connectivity index (χ3n) is 6.91. The number of carbonyl (C=O) groups excluding carboxylic acids is 2. The van der Waals surface area contributed by atoms with E-state index in [-0.39, 0.29) is 42.9 Å². The van der Waals surface area contributed by atoms with Crippen LogP contribution in [-0.4, -0.2) is 56.7 Å². The smallest absolute Gasteiger partial charge is 0.270 e. The van der Waals surface area contributed by atoms with Gasteiger partial charge in [0.15, 0.2) is 17.5 Å². The topological polar surface area (TPSA) is 136 Å². The van der Waals surface area contributed by atoms with Gasteiger partial charge in [0.05, 0.1) is 18.8 Å². The van der Waals surface area contributed by atoms with E-state index < -0.39 is 65.4 Å². The van der Waals surface area contributed by atoms with Crippen LogP contribution in [0.15, 0.2) is 42.6 Å². The standard InChI is InChI=1S/C25H24F4N6O4/c26-14-4-5-17(27)16(8-14)22-19(30)9-15(12-39-22)35-32-11-20(33-35)34-7-6-25(38,24(34)37)23(36)31-10-13-2-1-3-18(28)21(13)29/h1-5,8,11,15,19,22,38H,6-7,9-10,12,30H2,(H,31,36)/t15-,19+,22-,25?/m1/s1. The Labute approximate surface area is 219 Å². The van der Waals surface area contributed by atoms with Gasteiger partial charge < -0.3 is 20.9 Å². The number of benzene rings is 2. The molecule has 1 unspecified atom stereocenters. The summed E-state index contributed by atoms with van der Waals surface area (Å²) in [6.45, 7) is -0.465. The normalized spacial score (nSPS) is 25.2. The number of nitrogens with zero attached hydrogens (tertiary/aromatic N) is 4. The molecule has 2 amide bonds. The van der Waals surface area contributed by atoms with Crippen LogP contribution in [0.1, 0.15) is 36.1 Å². The fourth-order valence-corrected chi connectivity index (χ4v) is 4.77. The second kappa shape index (κ2) is 10.4. The predicted molar refractivity (Wildman–Crippen MR) is 127 cm³/mol. The van der Waals surface area contributed by atoms with Crippen molar-refractivity contribution in [3.05, 3.63) is 77.0 Å². The minimum Gasteiger partial charge on any atom is -0.372 e. The lowest BCUT2D eigenvalue weighted by Crippen LogP contribution is -2.52. The molecule has 0 bridgehead atoms. The number of nitrogens with one attached hydrogen (secondary N) is 1. The molecule has 2 aromatic carbocycles. The first-order chi connectivity index (χ1) is 18.6. The highest BCUT2D eigenvalue weighted by molar-refractivity contribution is 6.16. The number of aliphatic hydroxyl groups is 1. The molecule has 1 aromatic heterocycles. The number of amides is 2. The van der Waals surface area contributed by atoms with Gasteiger partial charge in [0, 0.05) is 36.7 Å². The van der Waals surface area contributed by atoms with Crippen LogP contribution in [-0.2, 0) is 20.9 Å². The Morgan fingerprint density at radius 3 is 2.77 bits per heavy atom. The Morgan fingerprint density at radius 1 is 1.21 bits per heavy atom. The molecule has 0 saturated carbocycles. The van der Waals surface area contributed by atoms with E-state index in [1.807, 2.05) is 0 Å². The van der Waals surface area contributed by atoms with Crippen LogP contribution in [0.25, 0.3) is 0 Å². The highest BCUT2D eigenvalue weighted by atomic mass is 19.2. The van der Waals surface area contributed by atoms with Crippen molar-refractivity contribution in [3.8, 4) is 0 Å². The summed E-state index contributed by atoms with van der Waals surface area (Å²) in [6.07, 6.45) is 0.384. The number of hydrogen-bond acceptors (Lipinski definition) is 7. The predicted octanol–water partition coefficient (Wildman–Crippen LogP) is 1.65. The quantitative estimate of drug-likeness (QED) is 0.315. The van der Waals surface area contributed by atoms with Crippen LogP contribution in [0.5, 0.6) is 0 Å². The van der Waals surface area contributed by atoms with Crippen molar-refractivity contribution in [2.75, 3.05) is 18.1 Å². The van der Waals surface area contributed by atoms with E-state index in [9.17, 15) is 32.3 Å². The van der Waals surface area contributed by atoms with E-state index in [1.54, 1.807) is 0 Å². The average molecular weight is 548 g/mol. The molecule has 5 rings (SSSR count). The molecule has 2 aliphatic heterocycles. The van der Waals surface area contributed by atoms with Crippen molar-refractivity contribution < 1.29 is 37.0 Å². The molecular weight excluding hydrogens is 524 g/mol. The molecule has 206 valence electrons. The largest absolute Gasteiger partial charge is 0.372 e. The summed E-state index contributed by atoms with van der Waals surface area (Å²) in [7, 11) is 0. The Hall–Kier alpha value is -3.88. The van der Waals surface area contributed by atoms with Gasteiger partial charge in [-0.15, -0.1) is 5.10 Å². The zero-order chi connectivity index (χ0) is 27.9. The summed E-state index contributed by atoms with van der Waals surface area (Å²) in [5.41, 5.74) is 3.62. The monoisotopic (exact) mass is 548 g/mol. The van der Waals surface area contributed by atoms with Gasteiger partial charge in [-0.25, -0.2) is 17.6 Å². The van der Waals surface area contributed by atoms with Crippen molar-refractivity contribution in [1.29, 1.82) is 0 Å². The number of carbonyl (C=O) groups is 2. The highest BCUT2D eigenvalue weighted by Crippen LogP contribution is 2.34. The van der Waals surface area contributed by atoms with Gasteiger partial charge >= 0.3 is 0 Å². The molecule has 10 nitrogen and oxygen atoms in total. The lowest BCUT2D eigenvalue weighted by Gasteiger charge is -2.34. The van der Waals surface area contributed by atoms with Crippen molar-refractivity contribution in [2.45, 2.75) is 43.2 Å². The first-order valence-corrected chi connectivity index (χ1v) is 12.1. The second-order valence-corrected chi connectivity index (χ2v) is 9.46. The molecule has 2 fully saturated rings. The van der Waals surface area contributed by atoms with E-state index in [1.165, 1.54) is 23.1 Å². The number of rotatable bonds is 6. The number of nitrogens with two attached hydrogens (primary N) is 1. The molecule has 0 aliphatic carbocycles. The summed E-state index contributed by atoms with van der Waals surface area (Å²) in [4.78, 5) is 28.0. The molecule has 2 aliphatic rings. The maximum absolute atomic E-state index is 14.2. The SMILES string of the molecule is N[C@H]1C[C@@H](n2ncc(N3CCC(O)(C(=O)NCc4cccc(F)c4F)C3=O)n2)CO[C@@H]1c1cc(F)ccc1F. The van der Waals surface area contributed by atoms with E-state index >= 15 is 0 Å². The van der Waals surface area contributed by atoms with Gasteiger partial charge in [-0.2, -0.15) is 9.90 Å². The molecular formula is C25H24F4N6O4. The number of aromatic nitrogens is 3. The lowest BCUT2D eigenvalue weighted by atomic mass is 9.94. The molecule has 3 heterocycles. The van der Waals surface area contributed by atoms with E-state index in [4.69, 9.17) is 10.5 Å². The number of anilines is 1. The zero-order valence-corrected chi connectivity index (χ0v) is 20.4. The summed E-state index contributed by atoms with van der Waals surface area (Å²) in [5.74, 6) is -5.44. The third kappa shape index (κ3) is 4.97. The Kier molecular flexibility index (Phi) is 7.09. The molecule has 4 atom stereocenters. The lowest BCUT2D eigenvalue weighted by molar-refractivity contribution is -0.149. The summed E-state index contributed by atoms with van der Waals surface area (Å²) < 4.78 is 60.8. The first-order valence-electron chi connectivity index (χ1n) is 12.1. The van der Waals surface area contributed by atoms with Crippen LogP contribution in [0.4, 0.5) is 23.4 Å². The van der Waals surface area contributed by atoms with Crippen molar-refractivity contribution in [1.82, 2.24) is 20.3 Å². The van der Waals surface area contributed by atoms with Crippen LogP contribution in [0, 0.1) is 23.3 Å².